The van der Waals surface area contributed by atoms with Gasteiger partial charge < -0.3 is 31.0 Å². The predicted octanol–water partition coefficient (Wildman–Crippen LogP) is -2.87. The molecule has 2 aliphatic rings. The molecule has 4 N–H and O–H groups in total. The summed E-state index contributed by atoms with van der Waals surface area (Å²) in [7, 11) is -4.38. The fraction of sp³-hybridized carbons (Fsp3) is 0.312. The molecule has 1 aromatic heterocycles. The van der Waals surface area contributed by atoms with Gasteiger partial charge in [-0.3, -0.25) is 14.6 Å². The first-order valence-electron chi connectivity index (χ1n) is 8.08. The van der Waals surface area contributed by atoms with Gasteiger partial charge in [-0.15, -0.1) is 0 Å². The number of fused-ring (bicyclic) bond motifs is 1. The Kier molecular flexibility index (Phi) is 4.57. The summed E-state index contributed by atoms with van der Waals surface area (Å²) >= 11 is 0. The molecule has 3 amide bonds. The van der Waals surface area contributed by atoms with Crippen molar-refractivity contribution in [3.05, 3.63) is 35.2 Å². The Balaban J connectivity index is 2.07. The first-order chi connectivity index (χ1) is 13.4. The first kappa shape index (κ1) is 20.3. The quantitative estimate of drug-likeness (QED) is 0.368. The van der Waals surface area contributed by atoms with Crippen LogP contribution in [0.3, 0.4) is 0 Å². The van der Waals surface area contributed by atoms with Crippen LogP contribution in [-0.2, 0) is 24.2 Å². The van der Waals surface area contributed by atoms with Crippen molar-refractivity contribution >= 4 is 39.8 Å². The van der Waals surface area contributed by atoms with Gasteiger partial charge in [0.1, 0.15) is 11.4 Å². The van der Waals surface area contributed by atoms with Gasteiger partial charge in [-0.05, 0) is 25.1 Å². The lowest BCUT2D eigenvalue weighted by molar-refractivity contribution is -0.312. The Labute approximate surface area is 164 Å². The van der Waals surface area contributed by atoms with Crippen LogP contribution in [0.15, 0.2) is 23.9 Å². The molecule has 154 valence electrons. The number of aliphatic carboxylic acids is 1. The van der Waals surface area contributed by atoms with Crippen molar-refractivity contribution in [2.24, 2.45) is 11.5 Å². The molecule has 0 radical (unpaired) electrons. The van der Waals surface area contributed by atoms with Crippen molar-refractivity contribution in [3.8, 4) is 0 Å². The second-order valence-electron chi connectivity index (χ2n) is 6.69. The number of hydrogen-bond acceptors (Lipinski definition) is 9. The van der Waals surface area contributed by atoms with Gasteiger partial charge in [-0.1, -0.05) is 0 Å². The molecule has 29 heavy (non-hydrogen) atoms. The van der Waals surface area contributed by atoms with Gasteiger partial charge in [-0.25, -0.2) is 13.2 Å². The second-order valence-corrected chi connectivity index (χ2v) is 9.15. The molecule has 0 bridgehead atoms. The van der Waals surface area contributed by atoms with Crippen molar-refractivity contribution in [2.45, 2.75) is 23.1 Å². The van der Waals surface area contributed by atoms with Crippen LogP contribution in [0.5, 0.6) is 0 Å². The molecule has 3 rings (SSSR count). The van der Waals surface area contributed by atoms with Crippen LogP contribution >= 0.6 is 0 Å². The van der Waals surface area contributed by atoms with E-state index in [1.807, 2.05) is 0 Å². The summed E-state index contributed by atoms with van der Waals surface area (Å²) in [6.45, 7) is 0.146. The minimum absolute atomic E-state index is 0.0755. The van der Waals surface area contributed by atoms with E-state index in [0.29, 0.717) is 4.90 Å². The number of aromatic nitrogens is 1. The number of nitrogens with zero attached hydrogens (tertiary/aromatic N) is 2. The monoisotopic (exact) mass is 423 g/mol. The number of rotatable bonds is 5. The number of carboxylic acids is 1. The second kappa shape index (κ2) is 6.55. The summed E-state index contributed by atoms with van der Waals surface area (Å²) in [5.74, 6) is -3.45. The molecule has 2 saturated heterocycles. The Hall–Kier alpha value is -3.48. The van der Waals surface area contributed by atoms with Crippen LogP contribution < -0.4 is 16.6 Å². The number of sulfone groups is 1. The number of pyridine rings is 1. The number of carbonyl (C=O) groups is 4. The van der Waals surface area contributed by atoms with Gasteiger partial charge >= 0.3 is 6.09 Å². The topological polar surface area (TPSA) is 203 Å². The van der Waals surface area contributed by atoms with Gasteiger partial charge in [-0.2, -0.15) is 0 Å². The molecule has 2 aliphatic heterocycles. The standard InChI is InChI=1S/C16H16N4O8S/c1-16(6-28-15(18)25)10(14(23)24)20-12(22)9(13(20)29(16,26)27)5-8-4-7(11(17)21)2-3-19-8/h2-5,10,13H,6H2,1H3,(H2,17,21)(H2,18,25)(H,23,24)/p-1/t10-,13+,16-/m0/s1. The molecule has 0 aliphatic carbocycles. The zero-order valence-electron chi connectivity index (χ0n) is 14.9. The molecular weight excluding hydrogens is 408 g/mol. The van der Waals surface area contributed by atoms with E-state index in [0.717, 1.165) is 13.0 Å². The summed E-state index contributed by atoms with van der Waals surface area (Å²) in [5.41, 5.74) is 9.94. The van der Waals surface area contributed by atoms with Crippen LogP contribution in [0, 0.1) is 0 Å². The lowest BCUT2D eigenvalue weighted by Crippen LogP contribution is -2.62. The minimum Gasteiger partial charge on any atom is -0.548 e. The maximum atomic E-state index is 13.1. The van der Waals surface area contributed by atoms with E-state index in [1.165, 1.54) is 18.3 Å². The third-order valence-electron chi connectivity index (χ3n) is 4.89. The SMILES string of the molecule is C[C@]1(COC(N)=O)[C@H](C(=O)[O-])N2C(=O)C(=Cc3cc(C(N)=O)ccn3)[C@H]2S1(=O)=O. The van der Waals surface area contributed by atoms with E-state index in [-0.39, 0.29) is 16.8 Å². The number of ether oxygens (including phenoxy) is 1. The summed E-state index contributed by atoms with van der Waals surface area (Å²) in [4.78, 5) is 51.0. The molecule has 1 aromatic rings. The Bertz CT molecular complexity index is 1080. The van der Waals surface area contributed by atoms with E-state index in [2.05, 4.69) is 9.72 Å². The van der Waals surface area contributed by atoms with Crippen LogP contribution in [0.1, 0.15) is 23.0 Å². The van der Waals surface area contributed by atoms with Crippen LogP contribution in [0.2, 0.25) is 0 Å². The molecule has 12 nitrogen and oxygen atoms in total. The predicted molar refractivity (Wildman–Crippen MR) is 93.0 cm³/mol. The fourth-order valence-corrected chi connectivity index (χ4v) is 5.70. The Morgan fingerprint density at radius 1 is 1.38 bits per heavy atom. The molecule has 0 aromatic carbocycles. The minimum atomic E-state index is -4.38. The molecule has 0 saturated carbocycles. The van der Waals surface area contributed by atoms with E-state index >= 15 is 0 Å². The summed E-state index contributed by atoms with van der Waals surface area (Å²) in [6.07, 6.45) is 1.06. The van der Waals surface area contributed by atoms with Gasteiger partial charge in [0.25, 0.3) is 5.91 Å². The van der Waals surface area contributed by atoms with Crippen molar-refractivity contribution in [3.63, 3.8) is 0 Å². The Morgan fingerprint density at radius 3 is 2.59 bits per heavy atom. The average Bonchev–Trinajstić information content (AvgIpc) is 2.80. The van der Waals surface area contributed by atoms with Gasteiger partial charge in [0, 0.05) is 11.8 Å². The number of β-lactam (4-membered cyclic amide) rings is 1. The van der Waals surface area contributed by atoms with Crippen molar-refractivity contribution < 1.29 is 37.4 Å². The summed E-state index contributed by atoms with van der Waals surface area (Å²) < 4.78 is 28.5. The molecular formula is C16H15N4O8S-. The van der Waals surface area contributed by atoms with Gasteiger partial charge in [0.2, 0.25) is 5.91 Å². The third kappa shape index (κ3) is 2.90. The average molecular weight is 423 g/mol. The largest absolute Gasteiger partial charge is 0.548 e. The molecule has 2 fully saturated rings. The maximum absolute atomic E-state index is 13.1. The summed E-state index contributed by atoms with van der Waals surface area (Å²) in [5, 5.41) is 10.0. The Morgan fingerprint density at radius 2 is 2.03 bits per heavy atom. The fourth-order valence-electron chi connectivity index (χ4n) is 3.43. The highest BCUT2D eigenvalue weighted by molar-refractivity contribution is 7.94. The molecule has 3 heterocycles. The number of carboxylic acid groups (broad SMARTS) is 1. The maximum Gasteiger partial charge on any atom is 0.404 e. The van der Waals surface area contributed by atoms with Crippen molar-refractivity contribution in [2.75, 3.05) is 6.61 Å². The number of nitrogens with two attached hydrogens (primary N) is 2. The number of amides is 3. The number of hydrogen-bond donors (Lipinski definition) is 2. The van der Waals surface area contributed by atoms with Gasteiger partial charge in [0.15, 0.2) is 15.2 Å². The normalized spacial score (nSPS) is 28.5. The van der Waals surface area contributed by atoms with E-state index in [9.17, 15) is 32.7 Å². The van der Waals surface area contributed by atoms with Crippen molar-refractivity contribution in [1.82, 2.24) is 9.88 Å². The smallest absolute Gasteiger partial charge is 0.404 e. The van der Waals surface area contributed by atoms with Crippen LogP contribution in [0.25, 0.3) is 6.08 Å². The van der Waals surface area contributed by atoms with E-state index in [4.69, 9.17) is 11.5 Å². The highest BCUT2D eigenvalue weighted by Gasteiger charge is 2.70. The third-order valence-corrected chi connectivity index (χ3v) is 7.60. The zero-order valence-corrected chi connectivity index (χ0v) is 15.7. The molecule has 3 atom stereocenters. The first-order valence-corrected chi connectivity index (χ1v) is 9.63. The molecule has 0 unspecified atom stereocenters. The highest BCUT2D eigenvalue weighted by atomic mass is 32.2. The lowest BCUT2D eigenvalue weighted by Gasteiger charge is -2.40. The van der Waals surface area contributed by atoms with Crippen molar-refractivity contribution in [1.29, 1.82) is 0 Å². The van der Waals surface area contributed by atoms with E-state index < -0.39 is 56.5 Å². The molecule has 13 heteroatoms. The highest BCUT2D eigenvalue weighted by Crippen LogP contribution is 2.49. The lowest BCUT2D eigenvalue weighted by atomic mass is 9.94. The van der Waals surface area contributed by atoms with Crippen LogP contribution in [-0.4, -0.2) is 64.9 Å². The molecule has 0 spiro atoms. The van der Waals surface area contributed by atoms with Crippen LogP contribution in [0.4, 0.5) is 4.79 Å². The van der Waals surface area contributed by atoms with Gasteiger partial charge in [0.05, 0.1) is 23.3 Å². The summed E-state index contributed by atoms with van der Waals surface area (Å²) in [6, 6.07) is 0.681. The number of carbonyl (C=O) groups excluding carboxylic acids is 4. The zero-order chi connectivity index (χ0) is 21.7. The van der Waals surface area contributed by atoms with E-state index in [1.54, 1.807) is 0 Å². The number of primary amides is 2.